The summed E-state index contributed by atoms with van der Waals surface area (Å²) in [6.45, 7) is 2.20. The molecule has 0 bridgehead atoms. The third-order valence-corrected chi connectivity index (χ3v) is 6.00. The van der Waals surface area contributed by atoms with E-state index in [9.17, 15) is 13.5 Å². The van der Waals surface area contributed by atoms with Gasteiger partial charge in [-0.2, -0.15) is 0 Å². The second-order valence-electron chi connectivity index (χ2n) is 5.74. The summed E-state index contributed by atoms with van der Waals surface area (Å²) < 4.78 is 27.5. The summed E-state index contributed by atoms with van der Waals surface area (Å²) in [6.07, 6.45) is 7.13. The van der Waals surface area contributed by atoms with Crippen molar-refractivity contribution in [3.05, 3.63) is 22.9 Å². The molecule has 1 aromatic heterocycles. The number of rotatable bonds is 5. The molecule has 1 saturated carbocycles. The molecule has 1 aliphatic carbocycles. The van der Waals surface area contributed by atoms with Gasteiger partial charge in [0.1, 0.15) is 4.90 Å². The lowest BCUT2D eigenvalue weighted by molar-refractivity contribution is -0.00442. The van der Waals surface area contributed by atoms with Crippen molar-refractivity contribution in [1.29, 1.82) is 0 Å². The zero-order chi connectivity index (χ0) is 15.5. The molecule has 1 fully saturated rings. The van der Waals surface area contributed by atoms with Gasteiger partial charge in [-0.15, -0.1) is 0 Å². The highest BCUT2D eigenvalue weighted by Crippen LogP contribution is 2.33. The van der Waals surface area contributed by atoms with Gasteiger partial charge in [0.2, 0.25) is 10.0 Å². The average molecular weight is 377 g/mol. The van der Waals surface area contributed by atoms with Gasteiger partial charge in [0, 0.05) is 23.4 Å². The first-order valence-electron chi connectivity index (χ1n) is 7.17. The molecule has 0 spiro atoms. The number of halogens is 1. The van der Waals surface area contributed by atoms with E-state index in [-0.39, 0.29) is 11.4 Å². The maximum absolute atomic E-state index is 12.2. The van der Waals surface area contributed by atoms with Gasteiger partial charge in [0.15, 0.2) is 0 Å². The SMILES string of the molecule is CCC1CCC(O)(CNS(=O)(=O)c2cncc(Br)c2)CC1. The molecule has 0 saturated heterocycles. The molecule has 2 rings (SSSR count). The fourth-order valence-electron chi connectivity index (χ4n) is 2.65. The van der Waals surface area contributed by atoms with Gasteiger partial charge in [0.05, 0.1) is 5.60 Å². The Labute approximate surface area is 134 Å². The Morgan fingerprint density at radius 1 is 1.43 bits per heavy atom. The van der Waals surface area contributed by atoms with Crippen LogP contribution in [0.3, 0.4) is 0 Å². The number of nitrogens with zero attached hydrogens (tertiary/aromatic N) is 1. The van der Waals surface area contributed by atoms with Crippen LogP contribution in [0.25, 0.3) is 0 Å². The minimum Gasteiger partial charge on any atom is -0.389 e. The summed E-state index contributed by atoms with van der Waals surface area (Å²) >= 11 is 3.20. The lowest BCUT2D eigenvalue weighted by atomic mass is 9.78. The Morgan fingerprint density at radius 3 is 2.67 bits per heavy atom. The summed E-state index contributed by atoms with van der Waals surface area (Å²) in [5.41, 5.74) is -0.932. The third kappa shape index (κ3) is 4.48. The molecular formula is C14H21BrN2O3S. The second kappa shape index (κ2) is 6.73. The molecule has 7 heteroatoms. The first-order valence-corrected chi connectivity index (χ1v) is 9.45. The quantitative estimate of drug-likeness (QED) is 0.826. The number of aliphatic hydroxyl groups is 1. The van der Waals surface area contributed by atoms with Gasteiger partial charge >= 0.3 is 0 Å². The number of sulfonamides is 1. The molecule has 5 nitrogen and oxygen atoms in total. The van der Waals surface area contributed by atoms with Crippen molar-refractivity contribution in [2.75, 3.05) is 6.54 Å². The summed E-state index contributed by atoms with van der Waals surface area (Å²) in [4.78, 5) is 3.95. The smallest absolute Gasteiger partial charge is 0.242 e. The molecule has 0 aliphatic heterocycles. The highest BCUT2D eigenvalue weighted by Gasteiger charge is 2.33. The van der Waals surface area contributed by atoms with Crippen molar-refractivity contribution in [3.63, 3.8) is 0 Å². The van der Waals surface area contributed by atoms with Gasteiger partial charge in [-0.05, 0) is 53.6 Å². The Balaban J connectivity index is 1.99. The molecule has 118 valence electrons. The van der Waals surface area contributed by atoms with E-state index < -0.39 is 15.6 Å². The number of nitrogens with one attached hydrogen (secondary N) is 1. The Morgan fingerprint density at radius 2 is 2.10 bits per heavy atom. The summed E-state index contributed by atoms with van der Waals surface area (Å²) in [5.74, 6) is 0.649. The van der Waals surface area contributed by atoms with Crippen LogP contribution in [0.5, 0.6) is 0 Å². The van der Waals surface area contributed by atoms with Crippen molar-refractivity contribution in [2.24, 2.45) is 5.92 Å². The van der Waals surface area contributed by atoms with Crippen LogP contribution >= 0.6 is 15.9 Å². The van der Waals surface area contributed by atoms with E-state index in [1.807, 2.05) is 0 Å². The number of hydrogen-bond donors (Lipinski definition) is 2. The molecule has 1 aliphatic rings. The van der Waals surface area contributed by atoms with Crippen LogP contribution in [0.2, 0.25) is 0 Å². The van der Waals surface area contributed by atoms with E-state index in [2.05, 4.69) is 32.6 Å². The van der Waals surface area contributed by atoms with Crippen LogP contribution in [0.4, 0.5) is 0 Å². The Kier molecular flexibility index (Phi) is 5.40. The van der Waals surface area contributed by atoms with E-state index >= 15 is 0 Å². The molecule has 0 aromatic carbocycles. The van der Waals surface area contributed by atoms with Crippen molar-refractivity contribution < 1.29 is 13.5 Å². The first-order chi connectivity index (χ1) is 9.85. The first kappa shape index (κ1) is 16.9. The minimum absolute atomic E-state index is 0.0539. The molecular weight excluding hydrogens is 356 g/mol. The Bertz CT molecular complexity index is 584. The number of pyridine rings is 1. The van der Waals surface area contributed by atoms with Crippen molar-refractivity contribution in [2.45, 2.75) is 49.5 Å². The molecule has 21 heavy (non-hydrogen) atoms. The van der Waals surface area contributed by atoms with Crippen LogP contribution in [0.15, 0.2) is 27.8 Å². The standard InChI is InChI=1S/C14H21BrN2O3S/c1-2-11-3-5-14(18,6-4-11)10-17-21(19,20)13-7-12(15)8-16-9-13/h7-9,11,17-18H,2-6,10H2,1H3. The lowest BCUT2D eigenvalue weighted by Gasteiger charge is -2.35. The predicted molar refractivity (Wildman–Crippen MR) is 84.3 cm³/mol. The normalized spacial score (nSPS) is 26.7. The highest BCUT2D eigenvalue weighted by atomic mass is 79.9. The molecule has 0 amide bonds. The van der Waals surface area contributed by atoms with E-state index in [4.69, 9.17) is 0 Å². The maximum atomic E-state index is 12.2. The zero-order valence-electron chi connectivity index (χ0n) is 12.0. The monoisotopic (exact) mass is 376 g/mol. The second-order valence-corrected chi connectivity index (χ2v) is 8.42. The van der Waals surface area contributed by atoms with Gasteiger partial charge < -0.3 is 5.11 Å². The van der Waals surface area contributed by atoms with Gasteiger partial charge in [-0.1, -0.05) is 13.3 Å². The van der Waals surface area contributed by atoms with Gasteiger partial charge in [-0.25, -0.2) is 13.1 Å². The van der Waals surface area contributed by atoms with E-state index in [1.54, 1.807) is 0 Å². The average Bonchev–Trinajstić information content (AvgIpc) is 2.46. The van der Waals surface area contributed by atoms with Crippen molar-refractivity contribution in [3.8, 4) is 0 Å². The van der Waals surface area contributed by atoms with Crippen molar-refractivity contribution in [1.82, 2.24) is 9.71 Å². The molecule has 0 atom stereocenters. The van der Waals surface area contributed by atoms with Crippen LogP contribution in [0.1, 0.15) is 39.0 Å². The van der Waals surface area contributed by atoms with Crippen molar-refractivity contribution >= 4 is 26.0 Å². The topological polar surface area (TPSA) is 79.3 Å². The van der Waals surface area contributed by atoms with Crippen LogP contribution in [0, 0.1) is 5.92 Å². The molecule has 0 radical (unpaired) electrons. The highest BCUT2D eigenvalue weighted by molar-refractivity contribution is 9.10. The fourth-order valence-corrected chi connectivity index (χ4v) is 4.28. The zero-order valence-corrected chi connectivity index (χ0v) is 14.5. The molecule has 1 aromatic rings. The van der Waals surface area contributed by atoms with E-state index in [0.717, 1.165) is 19.3 Å². The van der Waals surface area contributed by atoms with E-state index in [1.165, 1.54) is 18.5 Å². The lowest BCUT2D eigenvalue weighted by Crippen LogP contribution is -2.45. The van der Waals surface area contributed by atoms with Crippen LogP contribution in [-0.2, 0) is 10.0 Å². The molecule has 0 unspecified atom stereocenters. The largest absolute Gasteiger partial charge is 0.389 e. The molecule has 2 N–H and O–H groups in total. The van der Waals surface area contributed by atoms with Crippen LogP contribution in [-0.4, -0.2) is 30.7 Å². The number of aromatic nitrogens is 1. The van der Waals surface area contributed by atoms with Crippen LogP contribution < -0.4 is 4.72 Å². The maximum Gasteiger partial charge on any atom is 0.242 e. The third-order valence-electron chi connectivity index (χ3n) is 4.19. The summed E-state index contributed by atoms with van der Waals surface area (Å²) in [6, 6.07) is 1.49. The summed E-state index contributed by atoms with van der Waals surface area (Å²) in [7, 11) is -3.64. The van der Waals surface area contributed by atoms with E-state index in [0.29, 0.717) is 23.2 Å². The Hall–Kier alpha value is -0.500. The van der Waals surface area contributed by atoms with Gasteiger partial charge in [0.25, 0.3) is 0 Å². The fraction of sp³-hybridized carbons (Fsp3) is 0.643. The van der Waals surface area contributed by atoms with Gasteiger partial charge in [-0.3, -0.25) is 4.98 Å². The number of hydrogen-bond acceptors (Lipinski definition) is 4. The summed E-state index contributed by atoms with van der Waals surface area (Å²) in [5, 5.41) is 10.5. The minimum atomic E-state index is -3.64. The molecule has 1 heterocycles. The predicted octanol–water partition coefficient (Wildman–Crippen LogP) is 2.45.